The van der Waals surface area contributed by atoms with Gasteiger partial charge in [0.25, 0.3) is 5.91 Å². The summed E-state index contributed by atoms with van der Waals surface area (Å²) in [6, 6.07) is -0.0791. The number of hydrogen-bond donors (Lipinski definition) is 2. The second-order valence-corrected chi connectivity index (χ2v) is 7.87. The normalized spacial score (nSPS) is 24.2. The fourth-order valence-electron chi connectivity index (χ4n) is 3.57. The van der Waals surface area contributed by atoms with Gasteiger partial charge in [0.05, 0.1) is 11.7 Å². The molecular weight excluding hydrogens is 322 g/mol. The Morgan fingerprint density at radius 1 is 1.20 bits per heavy atom. The predicted octanol–water partition coefficient (Wildman–Crippen LogP) is 2.22. The number of ether oxygens (including phenoxy) is 1. The Hall–Kier alpha value is -2.25. The number of anilines is 1. The van der Waals surface area contributed by atoms with E-state index < -0.39 is 11.5 Å². The first-order chi connectivity index (χ1) is 11.4. The molecule has 0 bridgehead atoms. The van der Waals surface area contributed by atoms with E-state index in [1.54, 1.807) is 16.5 Å². The number of carbonyl (C=O) groups excluding carboxylic acids is 2. The minimum atomic E-state index is -0.575. The number of nitrogen functional groups attached to an aromatic ring is 1. The molecule has 8 heteroatoms. The minimum absolute atomic E-state index is 0.00418. The van der Waals surface area contributed by atoms with Gasteiger partial charge in [0, 0.05) is 12.1 Å². The molecule has 0 spiro atoms. The molecule has 2 atom stereocenters. The van der Waals surface area contributed by atoms with Crippen molar-refractivity contribution in [2.75, 3.05) is 5.73 Å². The van der Waals surface area contributed by atoms with E-state index in [1.165, 1.54) is 0 Å². The zero-order chi connectivity index (χ0) is 19.1. The summed E-state index contributed by atoms with van der Waals surface area (Å²) in [5.41, 5.74) is 11.8. The number of nitrogens with zero attached hydrogens (tertiary/aromatic N) is 3. The van der Waals surface area contributed by atoms with Crippen molar-refractivity contribution in [3.8, 4) is 0 Å². The van der Waals surface area contributed by atoms with Gasteiger partial charge in [-0.2, -0.15) is 5.10 Å². The van der Waals surface area contributed by atoms with Gasteiger partial charge >= 0.3 is 6.09 Å². The zero-order valence-electron chi connectivity index (χ0n) is 15.9. The van der Waals surface area contributed by atoms with Crippen molar-refractivity contribution >= 4 is 17.8 Å². The molecule has 2 unspecified atom stereocenters. The number of aryl methyl sites for hydroxylation is 1. The van der Waals surface area contributed by atoms with Crippen LogP contribution in [0.3, 0.4) is 0 Å². The molecule has 2 heterocycles. The quantitative estimate of drug-likeness (QED) is 0.847. The maximum atomic E-state index is 12.5. The Morgan fingerprint density at radius 2 is 1.72 bits per heavy atom. The van der Waals surface area contributed by atoms with Crippen molar-refractivity contribution in [3.63, 3.8) is 0 Å². The Morgan fingerprint density at radius 3 is 2.12 bits per heavy atom. The molecule has 1 aromatic heterocycles. The lowest BCUT2D eigenvalue weighted by Gasteiger charge is -2.43. The lowest BCUT2D eigenvalue weighted by Crippen LogP contribution is -2.51. The largest absolute Gasteiger partial charge is 0.444 e. The van der Waals surface area contributed by atoms with Crippen molar-refractivity contribution in [1.82, 2.24) is 14.7 Å². The van der Waals surface area contributed by atoms with Gasteiger partial charge in [-0.15, -0.1) is 0 Å². The van der Waals surface area contributed by atoms with Crippen LogP contribution in [0, 0.1) is 6.92 Å². The van der Waals surface area contributed by atoms with Crippen molar-refractivity contribution in [2.24, 2.45) is 5.73 Å². The van der Waals surface area contributed by atoms with Crippen LogP contribution in [0.4, 0.5) is 10.6 Å². The number of rotatable bonds is 2. The molecule has 0 aromatic carbocycles. The van der Waals surface area contributed by atoms with E-state index in [1.807, 2.05) is 34.6 Å². The number of carbonyl (C=O) groups is 2. The summed E-state index contributed by atoms with van der Waals surface area (Å²) in [4.78, 5) is 25.8. The number of primary amides is 1. The molecule has 1 aliphatic heterocycles. The summed E-state index contributed by atoms with van der Waals surface area (Å²) in [5.74, 6) is -0.284. The topological polar surface area (TPSA) is 116 Å². The minimum Gasteiger partial charge on any atom is -0.444 e. The van der Waals surface area contributed by atoms with E-state index in [4.69, 9.17) is 16.2 Å². The van der Waals surface area contributed by atoms with Gasteiger partial charge < -0.3 is 21.1 Å². The SMILES string of the molecule is Cc1nn(C2CC(C)N(C(=O)OC(C)(C)C)C(C)C2)c(N)c1C(N)=O. The molecule has 2 rings (SSSR count). The second-order valence-electron chi connectivity index (χ2n) is 7.87. The van der Waals surface area contributed by atoms with Crippen LogP contribution in [0.5, 0.6) is 0 Å². The van der Waals surface area contributed by atoms with E-state index in [-0.39, 0.29) is 29.8 Å². The summed E-state index contributed by atoms with van der Waals surface area (Å²) in [5, 5.41) is 4.41. The third kappa shape index (κ3) is 3.88. The van der Waals surface area contributed by atoms with Gasteiger partial charge in [-0.3, -0.25) is 4.79 Å². The first-order valence-electron chi connectivity index (χ1n) is 8.58. The first-order valence-corrected chi connectivity index (χ1v) is 8.58. The second kappa shape index (κ2) is 6.57. The molecule has 2 amide bonds. The molecule has 4 N–H and O–H groups in total. The van der Waals surface area contributed by atoms with Crippen LogP contribution in [0.1, 0.15) is 69.6 Å². The molecule has 1 aliphatic rings. The number of nitrogens with two attached hydrogens (primary N) is 2. The van der Waals surface area contributed by atoms with Crippen LogP contribution < -0.4 is 11.5 Å². The van der Waals surface area contributed by atoms with Gasteiger partial charge in [0.1, 0.15) is 17.0 Å². The number of piperidine rings is 1. The van der Waals surface area contributed by atoms with Crippen molar-refractivity contribution < 1.29 is 14.3 Å². The predicted molar refractivity (Wildman–Crippen MR) is 95.2 cm³/mol. The van der Waals surface area contributed by atoms with E-state index in [0.29, 0.717) is 24.4 Å². The summed E-state index contributed by atoms with van der Waals surface area (Å²) in [7, 11) is 0. The van der Waals surface area contributed by atoms with Crippen LogP contribution in [-0.2, 0) is 4.74 Å². The van der Waals surface area contributed by atoms with Crippen LogP contribution in [0.2, 0.25) is 0 Å². The first kappa shape index (κ1) is 19.1. The van der Waals surface area contributed by atoms with Crippen molar-refractivity contribution in [3.05, 3.63) is 11.3 Å². The summed E-state index contributed by atoms with van der Waals surface area (Å²) in [6.45, 7) is 11.2. The van der Waals surface area contributed by atoms with Crippen LogP contribution >= 0.6 is 0 Å². The van der Waals surface area contributed by atoms with Crippen molar-refractivity contribution in [2.45, 2.75) is 78.1 Å². The molecular formula is C17H29N5O3. The van der Waals surface area contributed by atoms with Crippen molar-refractivity contribution in [1.29, 1.82) is 0 Å². The fraction of sp³-hybridized carbons (Fsp3) is 0.706. The smallest absolute Gasteiger partial charge is 0.410 e. The lowest BCUT2D eigenvalue weighted by atomic mass is 9.93. The monoisotopic (exact) mass is 351 g/mol. The lowest BCUT2D eigenvalue weighted by molar-refractivity contribution is -0.00677. The third-order valence-electron chi connectivity index (χ3n) is 4.50. The highest BCUT2D eigenvalue weighted by atomic mass is 16.6. The number of aromatic nitrogens is 2. The third-order valence-corrected chi connectivity index (χ3v) is 4.50. The zero-order valence-corrected chi connectivity index (χ0v) is 15.9. The fourth-order valence-corrected chi connectivity index (χ4v) is 3.57. The van der Waals surface area contributed by atoms with Gasteiger partial charge in [-0.05, 0) is 54.4 Å². The van der Waals surface area contributed by atoms with Gasteiger partial charge in [0.15, 0.2) is 0 Å². The van der Waals surface area contributed by atoms with E-state index in [9.17, 15) is 9.59 Å². The number of amides is 2. The summed E-state index contributed by atoms with van der Waals surface area (Å²) >= 11 is 0. The standard InChI is InChI=1S/C17H29N5O3/c1-9-7-12(22-14(18)13(15(19)23)11(3)20-22)8-10(2)21(9)16(24)25-17(4,5)6/h9-10,12H,7-8,18H2,1-6H3,(H2,19,23). The van der Waals surface area contributed by atoms with E-state index >= 15 is 0 Å². The Balaban J connectivity index is 2.21. The van der Waals surface area contributed by atoms with E-state index in [2.05, 4.69) is 5.10 Å². The molecule has 1 saturated heterocycles. The highest BCUT2D eigenvalue weighted by Gasteiger charge is 2.38. The molecule has 0 radical (unpaired) electrons. The molecule has 1 fully saturated rings. The van der Waals surface area contributed by atoms with Crippen LogP contribution in [0.25, 0.3) is 0 Å². The molecule has 1 aromatic rings. The Labute approximate surface area is 148 Å². The number of likely N-dealkylation sites (tertiary alicyclic amines) is 1. The molecule has 0 saturated carbocycles. The number of hydrogen-bond acceptors (Lipinski definition) is 5. The average molecular weight is 351 g/mol. The van der Waals surface area contributed by atoms with Gasteiger partial charge in [-0.1, -0.05) is 0 Å². The maximum Gasteiger partial charge on any atom is 0.410 e. The highest BCUT2D eigenvalue weighted by molar-refractivity contribution is 5.98. The highest BCUT2D eigenvalue weighted by Crippen LogP contribution is 2.34. The van der Waals surface area contributed by atoms with Gasteiger partial charge in [0.2, 0.25) is 0 Å². The molecule has 140 valence electrons. The summed E-state index contributed by atoms with van der Waals surface area (Å²) in [6.07, 6.45) is 1.04. The Kier molecular flexibility index (Phi) is 5.02. The van der Waals surface area contributed by atoms with Crippen LogP contribution in [-0.4, -0.2) is 44.4 Å². The summed E-state index contributed by atoms with van der Waals surface area (Å²) < 4.78 is 7.19. The van der Waals surface area contributed by atoms with Crippen LogP contribution in [0.15, 0.2) is 0 Å². The van der Waals surface area contributed by atoms with Gasteiger partial charge in [-0.25, -0.2) is 9.48 Å². The molecule has 25 heavy (non-hydrogen) atoms. The molecule has 8 nitrogen and oxygen atoms in total. The maximum absolute atomic E-state index is 12.5. The Bertz CT molecular complexity index is 665. The molecule has 0 aliphatic carbocycles. The average Bonchev–Trinajstić information content (AvgIpc) is 2.70. The van der Waals surface area contributed by atoms with E-state index in [0.717, 1.165) is 0 Å².